The fourth-order valence-electron chi connectivity index (χ4n) is 0.539. The predicted molar refractivity (Wildman–Crippen MR) is 96.7 cm³/mol. The quantitative estimate of drug-likeness (QED) is 0.472. The van der Waals surface area contributed by atoms with Gasteiger partial charge in [0.2, 0.25) is 0 Å². The maximum atomic E-state index is 10.3. The van der Waals surface area contributed by atoms with Gasteiger partial charge >= 0.3 is 0 Å². The van der Waals surface area contributed by atoms with Crippen molar-refractivity contribution in [1.29, 1.82) is 0 Å². The van der Waals surface area contributed by atoms with E-state index < -0.39 is 5.60 Å². The standard InChI is InChI=1S/3C6H10O.CH4/c1-4-6(3,7)5-2;1-4-5(2)6(3)7;1-3-6(2)4-5-7;/h1,7H,5H2,2-3H3;4H,1-3H3;4-5H,3H2,1-2H3;1H4/b;5-4+;6-4+;. The van der Waals surface area contributed by atoms with Crippen LogP contribution in [0.3, 0.4) is 0 Å². The first-order chi connectivity index (χ1) is 9.61. The molecule has 0 saturated heterocycles. The molecule has 0 heterocycles. The molecule has 3 heteroatoms. The summed E-state index contributed by atoms with van der Waals surface area (Å²) in [7, 11) is 0. The molecule has 0 aliphatic heterocycles. The Morgan fingerprint density at radius 2 is 1.73 bits per heavy atom. The van der Waals surface area contributed by atoms with Gasteiger partial charge in [0.1, 0.15) is 11.9 Å². The Labute approximate surface area is 137 Å². The van der Waals surface area contributed by atoms with Crippen LogP contribution in [-0.2, 0) is 9.59 Å². The molecule has 0 aliphatic carbocycles. The summed E-state index contributed by atoms with van der Waals surface area (Å²) in [6.45, 7) is 12.7. The van der Waals surface area contributed by atoms with Gasteiger partial charge < -0.3 is 5.11 Å². The lowest BCUT2D eigenvalue weighted by atomic mass is 10.1. The maximum Gasteiger partial charge on any atom is 0.155 e. The van der Waals surface area contributed by atoms with Crippen molar-refractivity contribution in [3.63, 3.8) is 0 Å². The average Bonchev–Trinajstić information content (AvgIpc) is 2.47. The van der Waals surface area contributed by atoms with E-state index in [0.29, 0.717) is 6.42 Å². The van der Waals surface area contributed by atoms with Crippen LogP contribution >= 0.6 is 0 Å². The molecule has 0 saturated carbocycles. The Balaban J connectivity index is -0.000000108. The van der Waals surface area contributed by atoms with Gasteiger partial charge in [-0.25, -0.2) is 0 Å². The molecule has 0 aliphatic rings. The van der Waals surface area contributed by atoms with E-state index in [1.54, 1.807) is 19.9 Å². The lowest BCUT2D eigenvalue weighted by Crippen LogP contribution is -2.18. The summed E-state index contributed by atoms with van der Waals surface area (Å²) in [5.41, 5.74) is 1.08. The highest BCUT2D eigenvalue weighted by molar-refractivity contribution is 5.92. The highest BCUT2D eigenvalue weighted by atomic mass is 16.3. The molecule has 0 fully saturated rings. The Bertz CT molecular complexity index is 393. The largest absolute Gasteiger partial charge is 0.378 e. The topological polar surface area (TPSA) is 54.4 Å². The zero-order valence-electron chi connectivity index (χ0n) is 14.5. The van der Waals surface area contributed by atoms with Crippen molar-refractivity contribution in [2.24, 2.45) is 0 Å². The average molecular weight is 310 g/mol. The smallest absolute Gasteiger partial charge is 0.155 e. The summed E-state index contributed by atoms with van der Waals surface area (Å²) in [4.78, 5) is 20.0. The van der Waals surface area contributed by atoms with Gasteiger partial charge in [0.25, 0.3) is 0 Å². The molecule has 0 radical (unpaired) electrons. The normalized spacial score (nSPS) is 12.9. The van der Waals surface area contributed by atoms with Crippen LogP contribution in [0, 0.1) is 12.3 Å². The number of terminal acetylenes is 1. The number of allylic oxidation sites excluding steroid dienone is 4. The molecular weight excluding hydrogens is 276 g/mol. The minimum Gasteiger partial charge on any atom is -0.378 e. The van der Waals surface area contributed by atoms with E-state index in [2.05, 4.69) is 5.92 Å². The molecular formula is C19H34O3. The number of carbonyl (C=O) groups is 2. The molecule has 0 aromatic heterocycles. The van der Waals surface area contributed by atoms with Gasteiger partial charge in [0, 0.05) is 0 Å². The van der Waals surface area contributed by atoms with E-state index in [4.69, 9.17) is 11.5 Å². The lowest BCUT2D eigenvalue weighted by Gasteiger charge is -2.10. The number of carbonyl (C=O) groups excluding carboxylic acids is 2. The Morgan fingerprint density at radius 3 is 1.77 bits per heavy atom. The summed E-state index contributed by atoms with van der Waals surface area (Å²) in [5.74, 6) is 2.40. The fourth-order valence-corrected chi connectivity index (χ4v) is 0.539. The third kappa shape index (κ3) is 23.4. The van der Waals surface area contributed by atoms with Crippen molar-refractivity contribution in [2.75, 3.05) is 0 Å². The molecule has 0 aromatic rings. The van der Waals surface area contributed by atoms with Gasteiger partial charge in [-0.1, -0.05) is 38.8 Å². The van der Waals surface area contributed by atoms with Crippen LogP contribution in [0.25, 0.3) is 0 Å². The van der Waals surface area contributed by atoms with Crippen LogP contribution in [0.4, 0.5) is 0 Å². The molecule has 3 nitrogen and oxygen atoms in total. The van der Waals surface area contributed by atoms with Crippen LogP contribution in [0.5, 0.6) is 0 Å². The van der Waals surface area contributed by atoms with Crippen molar-refractivity contribution < 1.29 is 14.7 Å². The number of ketones is 1. The van der Waals surface area contributed by atoms with Crippen LogP contribution in [0.15, 0.2) is 23.3 Å². The van der Waals surface area contributed by atoms with E-state index in [1.807, 2.05) is 40.7 Å². The molecule has 1 atom stereocenters. The SMILES string of the molecule is C.C#CC(C)(O)CC.C/C=C(\C)C(C)=O.CC/C(C)=C/C=O. The van der Waals surface area contributed by atoms with Gasteiger partial charge in [0.15, 0.2) is 5.78 Å². The Kier molecular flexibility index (Phi) is 22.5. The highest BCUT2D eigenvalue weighted by Crippen LogP contribution is 2.03. The summed E-state index contributed by atoms with van der Waals surface area (Å²) in [6, 6.07) is 0. The Morgan fingerprint density at radius 1 is 1.27 bits per heavy atom. The summed E-state index contributed by atoms with van der Waals surface area (Å²) < 4.78 is 0. The number of aldehydes is 1. The van der Waals surface area contributed by atoms with Crippen molar-refractivity contribution >= 4 is 12.1 Å². The van der Waals surface area contributed by atoms with Crippen molar-refractivity contribution in [2.45, 2.75) is 74.3 Å². The lowest BCUT2D eigenvalue weighted by molar-refractivity contribution is -0.113. The second-order valence-electron chi connectivity index (χ2n) is 4.80. The third-order valence-corrected chi connectivity index (χ3v) is 2.90. The number of aliphatic hydroxyl groups is 1. The molecule has 0 aromatic carbocycles. The van der Waals surface area contributed by atoms with Crippen LogP contribution in [0.2, 0.25) is 0 Å². The van der Waals surface area contributed by atoms with Crippen LogP contribution in [-0.4, -0.2) is 22.8 Å². The third-order valence-electron chi connectivity index (χ3n) is 2.90. The second kappa shape index (κ2) is 17.4. The predicted octanol–water partition coefficient (Wildman–Crippen LogP) is 4.50. The molecule has 0 bridgehead atoms. The summed E-state index contributed by atoms with van der Waals surface area (Å²) in [6.07, 6.45) is 10.7. The summed E-state index contributed by atoms with van der Waals surface area (Å²) in [5, 5.41) is 8.90. The van der Waals surface area contributed by atoms with Gasteiger partial charge in [-0.05, 0) is 59.1 Å². The minimum absolute atomic E-state index is 0. The first-order valence-electron chi connectivity index (χ1n) is 7.06. The van der Waals surface area contributed by atoms with E-state index in [0.717, 1.165) is 23.9 Å². The Hall–Kier alpha value is -1.66. The molecule has 0 amide bonds. The van der Waals surface area contributed by atoms with E-state index in [9.17, 15) is 9.59 Å². The number of hydrogen-bond acceptors (Lipinski definition) is 3. The zero-order chi connectivity index (χ0) is 17.5. The number of rotatable bonds is 4. The zero-order valence-corrected chi connectivity index (χ0v) is 14.5. The molecule has 0 spiro atoms. The highest BCUT2D eigenvalue weighted by Gasteiger charge is 2.10. The first kappa shape index (κ1) is 28.5. The number of hydrogen-bond donors (Lipinski definition) is 1. The van der Waals surface area contributed by atoms with Crippen molar-refractivity contribution in [3.05, 3.63) is 23.3 Å². The summed E-state index contributed by atoms with van der Waals surface area (Å²) >= 11 is 0. The van der Waals surface area contributed by atoms with E-state index in [-0.39, 0.29) is 13.2 Å². The fraction of sp³-hybridized carbons (Fsp3) is 0.579. The van der Waals surface area contributed by atoms with Gasteiger partial charge in [-0.15, -0.1) is 6.42 Å². The van der Waals surface area contributed by atoms with E-state index >= 15 is 0 Å². The monoisotopic (exact) mass is 310 g/mol. The minimum atomic E-state index is -0.889. The van der Waals surface area contributed by atoms with E-state index in [1.165, 1.54) is 0 Å². The van der Waals surface area contributed by atoms with Gasteiger partial charge in [0.05, 0.1) is 0 Å². The van der Waals surface area contributed by atoms with Crippen LogP contribution < -0.4 is 0 Å². The van der Waals surface area contributed by atoms with Gasteiger partial charge in [-0.2, -0.15) is 0 Å². The maximum absolute atomic E-state index is 10.3. The van der Waals surface area contributed by atoms with Gasteiger partial charge in [-0.3, -0.25) is 9.59 Å². The molecule has 22 heavy (non-hydrogen) atoms. The second-order valence-corrected chi connectivity index (χ2v) is 4.80. The molecule has 0 rings (SSSR count). The van der Waals surface area contributed by atoms with Crippen molar-refractivity contribution in [1.82, 2.24) is 0 Å². The first-order valence-corrected chi connectivity index (χ1v) is 7.06. The van der Waals surface area contributed by atoms with Crippen molar-refractivity contribution in [3.8, 4) is 12.3 Å². The molecule has 128 valence electrons. The molecule has 1 N–H and O–H groups in total. The number of Topliss-reactive ketones (excluding diaryl/α,β-unsaturated/α-hetero) is 1. The molecule has 1 unspecified atom stereocenters. The van der Waals surface area contributed by atoms with Crippen LogP contribution in [0.1, 0.15) is 68.7 Å².